The van der Waals surface area contributed by atoms with Crippen LogP contribution in [-0.4, -0.2) is 37.1 Å². The number of ketones is 1. The minimum atomic E-state index is -1.30. The molecule has 0 fully saturated rings. The standard InChI is InChI=1S/C14H17NO4S/c1-4-11(16)15-12(14(18)19-2)13(17)9-5-7-10(20-3)8-6-9/h5-8,12H,4H2,1-3H3,(H,15,16). The molecule has 1 atom stereocenters. The van der Waals surface area contributed by atoms with Crippen molar-refractivity contribution in [2.75, 3.05) is 13.4 Å². The number of nitrogens with one attached hydrogen (secondary N) is 1. The van der Waals surface area contributed by atoms with E-state index in [4.69, 9.17) is 0 Å². The van der Waals surface area contributed by atoms with Crippen LogP contribution in [-0.2, 0) is 14.3 Å². The van der Waals surface area contributed by atoms with E-state index in [1.54, 1.807) is 43.0 Å². The summed E-state index contributed by atoms with van der Waals surface area (Å²) < 4.78 is 4.57. The second kappa shape index (κ2) is 7.69. The van der Waals surface area contributed by atoms with E-state index in [1.807, 2.05) is 6.26 Å². The summed E-state index contributed by atoms with van der Waals surface area (Å²) in [6.07, 6.45) is 2.11. The lowest BCUT2D eigenvalue weighted by Crippen LogP contribution is -2.46. The molecule has 1 aromatic carbocycles. The summed E-state index contributed by atoms with van der Waals surface area (Å²) in [5.74, 6) is -1.63. The van der Waals surface area contributed by atoms with Crippen LogP contribution in [0.4, 0.5) is 0 Å². The predicted molar refractivity (Wildman–Crippen MR) is 76.8 cm³/mol. The first-order valence-corrected chi connectivity index (χ1v) is 7.31. The van der Waals surface area contributed by atoms with Crippen LogP contribution < -0.4 is 5.32 Å². The summed E-state index contributed by atoms with van der Waals surface area (Å²) in [6.45, 7) is 1.64. The third-order valence-electron chi connectivity index (χ3n) is 2.70. The predicted octanol–water partition coefficient (Wildman–Crippen LogP) is 1.66. The number of methoxy groups -OCH3 is 1. The average molecular weight is 295 g/mol. The van der Waals surface area contributed by atoms with E-state index in [2.05, 4.69) is 10.1 Å². The fourth-order valence-corrected chi connectivity index (χ4v) is 1.94. The highest BCUT2D eigenvalue weighted by molar-refractivity contribution is 7.98. The first kappa shape index (κ1) is 16.2. The topological polar surface area (TPSA) is 72.5 Å². The molecule has 0 heterocycles. The van der Waals surface area contributed by atoms with Crippen LogP contribution in [0, 0.1) is 0 Å². The SMILES string of the molecule is CCC(=O)NC(C(=O)OC)C(=O)c1ccc(SC)cc1. The molecule has 5 nitrogen and oxygen atoms in total. The van der Waals surface area contributed by atoms with Crippen molar-refractivity contribution in [3.05, 3.63) is 29.8 Å². The van der Waals surface area contributed by atoms with E-state index < -0.39 is 17.8 Å². The average Bonchev–Trinajstić information content (AvgIpc) is 2.50. The third kappa shape index (κ3) is 4.09. The highest BCUT2D eigenvalue weighted by Gasteiger charge is 2.29. The highest BCUT2D eigenvalue weighted by atomic mass is 32.2. The van der Waals surface area contributed by atoms with Gasteiger partial charge in [0.05, 0.1) is 7.11 Å². The lowest BCUT2D eigenvalue weighted by atomic mass is 10.0. The summed E-state index contributed by atoms with van der Waals surface area (Å²) >= 11 is 1.55. The second-order valence-corrected chi connectivity index (χ2v) is 4.85. The number of Topliss-reactive ketones (excluding diaryl/α,β-unsaturated/α-hetero) is 1. The van der Waals surface area contributed by atoms with Gasteiger partial charge in [0.2, 0.25) is 5.91 Å². The van der Waals surface area contributed by atoms with E-state index >= 15 is 0 Å². The molecule has 0 bridgehead atoms. The molecule has 0 spiro atoms. The maximum Gasteiger partial charge on any atom is 0.336 e. The number of hydrogen-bond acceptors (Lipinski definition) is 5. The van der Waals surface area contributed by atoms with Gasteiger partial charge in [-0.2, -0.15) is 0 Å². The van der Waals surface area contributed by atoms with Gasteiger partial charge in [-0.1, -0.05) is 19.1 Å². The first-order chi connectivity index (χ1) is 9.53. The molecule has 0 aliphatic rings. The van der Waals surface area contributed by atoms with Crippen LogP contribution >= 0.6 is 11.8 Å². The van der Waals surface area contributed by atoms with Gasteiger partial charge in [0.15, 0.2) is 11.8 Å². The van der Waals surface area contributed by atoms with Gasteiger partial charge >= 0.3 is 5.97 Å². The minimum absolute atomic E-state index is 0.187. The van der Waals surface area contributed by atoms with Gasteiger partial charge in [-0.3, -0.25) is 9.59 Å². The van der Waals surface area contributed by atoms with Crippen molar-refractivity contribution in [2.45, 2.75) is 24.3 Å². The summed E-state index contributed by atoms with van der Waals surface area (Å²) in [5.41, 5.74) is 0.356. The molecule has 0 aromatic heterocycles. The molecule has 1 N–H and O–H groups in total. The normalized spacial score (nSPS) is 11.6. The van der Waals surface area contributed by atoms with Crippen LogP contribution in [0.5, 0.6) is 0 Å². The Hall–Kier alpha value is -1.82. The number of thioether (sulfide) groups is 1. The number of ether oxygens (including phenoxy) is 1. The Bertz CT molecular complexity index is 498. The molecule has 20 heavy (non-hydrogen) atoms. The summed E-state index contributed by atoms with van der Waals surface area (Å²) in [5, 5.41) is 2.38. The maximum absolute atomic E-state index is 12.3. The van der Waals surface area contributed by atoms with Crippen molar-refractivity contribution in [2.24, 2.45) is 0 Å². The van der Waals surface area contributed by atoms with Crippen LogP contribution in [0.15, 0.2) is 29.2 Å². The molecule has 0 radical (unpaired) electrons. The Morgan fingerprint density at radius 3 is 2.30 bits per heavy atom. The number of hydrogen-bond donors (Lipinski definition) is 1. The van der Waals surface area contributed by atoms with Crippen LogP contribution in [0.2, 0.25) is 0 Å². The summed E-state index contributed by atoms with van der Waals surface area (Å²) in [7, 11) is 1.18. The molecule has 0 saturated heterocycles. The zero-order valence-electron chi connectivity index (χ0n) is 11.6. The molecule has 0 aliphatic heterocycles. The van der Waals surface area contributed by atoms with Gasteiger partial charge in [-0.05, 0) is 18.4 Å². The van der Waals surface area contributed by atoms with Crippen molar-refractivity contribution in [1.82, 2.24) is 5.32 Å². The van der Waals surface area contributed by atoms with Crippen LogP contribution in [0.3, 0.4) is 0 Å². The molecular weight excluding hydrogens is 278 g/mol. The van der Waals surface area contributed by atoms with E-state index in [1.165, 1.54) is 7.11 Å². The number of amides is 1. The van der Waals surface area contributed by atoms with Gasteiger partial charge in [0, 0.05) is 16.9 Å². The van der Waals surface area contributed by atoms with Crippen molar-refractivity contribution < 1.29 is 19.1 Å². The second-order valence-electron chi connectivity index (χ2n) is 3.97. The molecule has 108 valence electrons. The number of rotatable bonds is 6. The molecule has 6 heteroatoms. The smallest absolute Gasteiger partial charge is 0.336 e. The van der Waals surface area contributed by atoms with E-state index in [0.717, 1.165) is 4.90 Å². The Kier molecular flexibility index (Phi) is 6.24. The van der Waals surface area contributed by atoms with Crippen LogP contribution in [0.1, 0.15) is 23.7 Å². The molecule has 1 rings (SSSR count). The molecule has 0 aliphatic carbocycles. The third-order valence-corrected chi connectivity index (χ3v) is 3.44. The van der Waals surface area contributed by atoms with Crippen molar-refractivity contribution in [3.63, 3.8) is 0 Å². The lowest BCUT2D eigenvalue weighted by Gasteiger charge is -2.15. The van der Waals surface area contributed by atoms with Crippen molar-refractivity contribution >= 4 is 29.4 Å². The molecule has 0 saturated carbocycles. The number of carbonyl (C=O) groups is 3. The quantitative estimate of drug-likeness (QED) is 0.374. The van der Waals surface area contributed by atoms with E-state index in [9.17, 15) is 14.4 Å². The molecule has 1 amide bonds. The molecule has 1 unspecified atom stereocenters. The fraction of sp³-hybridized carbons (Fsp3) is 0.357. The van der Waals surface area contributed by atoms with Gasteiger partial charge in [-0.25, -0.2) is 4.79 Å². The lowest BCUT2D eigenvalue weighted by molar-refractivity contribution is -0.143. The largest absolute Gasteiger partial charge is 0.467 e. The molecule has 1 aromatic rings. The zero-order valence-corrected chi connectivity index (χ0v) is 12.5. The van der Waals surface area contributed by atoms with E-state index in [-0.39, 0.29) is 12.3 Å². The van der Waals surface area contributed by atoms with Gasteiger partial charge < -0.3 is 10.1 Å². The van der Waals surface area contributed by atoms with E-state index in [0.29, 0.717) is 5.56 Å². The van der Waals surface area contributed by atoms with Gasteiger partial charge in [-0.15, -0.1) is 11.8 Å². The Labute approximate surface area is 122 Å². The number of esters is 1. The monoisotopic (exact) mass is 295 g/mol. The van der Waals surface area contributed by atoms with Crippen LogP contribution in [0.25, 0.3) is 0 Å². The first-order valence-electron chi connectivity index (χ1n) is 6.09. The Morgan fingerprint density at radius 2 is 1.85 bits per heavy atom. The summed E-state index contributed by atoms with van der Waals surface area (Å²) in [6, 6.07) is 5.53. The zero-order chi connectivity index (χ0) is 15.1. The number of carbonyl (C=O) groups excluding carboxylic acids is 3. The van der Waals surface area contributed by atoms with Crippen molar-refractivity contribution in [3.8, 4) is 0 Å². The minimum Gasteiger partial charge on any atom is -0.467 e. The number of benzene rings is 1. The highest BCUT2D eigenvalue weighted by Crippen LogP contribution is 2.16. The molecular formula is C14H17NO4S. The fourth-order valence-electron chi connectivity index (χ4n) is 1.53. The Morgan fingerprint density at radius 1 is 1.25 bits per heavy atom. The Balaban J connectivity index is 2.96. The van der Waals surface area contributed by atoms with Gasteiger partial charge in [0.1, 0.15) is 0 Å². The summed E-state index contributed by atoms with van der Waals surface area (Å²) in [4.78, 5) is 36.3. The maximum atomic E-state index is 12.3. The van der Waals surface area contributed by atoms with Gasteiger partial charge in [0.25, 0.3) is 0 Å². The van der Waals surface area contributed by atoms with Crippen molar-refractivity contribution in [1.29, 1.82) is 0 Å².